The molecular weight excluding hydrogens is 380 g/mol. The summed E-state index contributed by atoms with van der Waals surface area (Å²) < 4.78 is 80.0. The molecule has 2 heterocycles. The molecule has 5 nitrogen and oxygen atoms in total. The zero-order valence-corrected chi connectivity index (χ0v) is 13.6. The fourth-order valence-corrected chi connectivity index (χ4v) is 2.86. The number of alkyl halides is 6. The van der Waals surface area contributed by atoms with Gasteiger partial charge in [0.25, 0.3) is 5.56 Å². The summed E-state index contributed by atoms with van der Waals surface area (Å²) in [7, 11) is 0. The molecule has 0 saturated carbocycles. The number of nitrogens with zero attached hydrogens (tertiary/aromatic N) is 2. The number of fused-ring (bicyclic) bond motifs is 1. The minimum Gasteiger partial charge on any atom is -0.405 e. The van der Waals surface area contributed by atoms with Crippen LogP contribution >= 0.6 is 0 Å². The summed E-state index contributed by atoms with van der Waals surface area (Å²) in [5.41, 5.74) is -0.516. The van der Waals surface area contributed by atoms with Crippen molar-refractivity contribution in [2.75, 3.05) is 6.54 Å². The van der Waals surface area contributed by atoms with Crippen molar-refractivity contribution in [1.29, 1.82) is 0 Å². The summed E-state index contributed by atoms with van der Waals surface area (Å²) in [6, 6.07) is 5.50. The van der Waals surface area contributed by atoms with Crippen molar-refractivity contribution in [3.63, 3.8) is 0 Å². The Bertz CT molecular complexity index is 891. The van der Waals surface area contributed by atoms with Crippen LogP contribution in [-0.4, -0.2) is 27.8 Å². The van der Waals surface area contributed by atoms with Gasteiger partial charge in [-0.2, -0.15) is 13.2 Å². The molecule has 0 atom stereocenters. The second-order valence-corrected chi connectivity index (χ2v) is 5.95. The number of benzene rings is 1. The van der Waals surface area contributed by atoms with Crippen LogP contribution in [0.4, 0.5) is 26.3 Å². The molecule has 0 aliphatic carbocycles. The maximum absolute atomic E-state index is 12.8. The van der Waals surface area contributed by atoms with E-state index in [-0.39, 0.29) is 48.6 Å². The van der Waals surface area contributed by atoms with Crippen molar-refractivity contribution >= 4 is 0 Å². The normalized spacial score (nSPS) is 15.5. The van der Waals surface area contributed by atoms with Crippen LogP contribution in [0.2, 0.25) is 0 Å². The third-order valence-electron chi connectivity index (χ3n) is 4.01. The lowest BCUT2D eigenvalue weighted by atomic mass is 10.1. The van der Waals surface area contributed by atoms with Gasteiger partial charge in [-0.15, -0.1) is 13.2 Å². The number of H-pyrrole nitrogens is 1. The first kappa shape index (κ1) is 19.2. The highest BCUT2D eigenvalue weighted by molar-refractivity contribution is 5.34. The summed E-state index contributed by atoms with van der Waals surface area (Å²) in [5, 5.41) is 0. The van der Waals surface area contributed by atoms with Crippen molar-refractivity contribution in [2.45, 2.75) is 32.0 Å². The van der Waals surface area contributed by atoms with E-state index in [2.05, 4.69) is 9.72 Å². The highest BCUT2D eigenvalue weighted by atomic mass is 19.4. The van der Waals surface area contributed by atoms with Crippen LogP contribution in [0.25, 0.3) is 0 Å². The summed E-state index contributed by atoms with van der Waals surface area (Å²) >= 11 is 0. The Morgan fingerprint density at radius 1 is 1.15 bits per heavy atom. The van der Waals surface area contributed by atoms with E-state index in [0.29, 0.717) is 0 Å². The first-order valence-electron chi connectivity index (χ1n) is 7.78. The fraction of sp³-hybridized carbons (Fsp3) is 0.375. The van der Waals surface area contributed by atoms with Gasteiger partial charge in [-0.1, -0.05) is 18.2 Å². The van der Waals surface area contributed by atoms with Crippen LogP contribution in [0, 0.1) is 0 Å². The Hall–Kier alpha value is -2.56. The number of halogens is 6. The molecule has 0 radical (unpaired) electrons. The number of rotatable bonds is 3. The molecular formula is C16H13F6N3O2. The molecule has 0 unspecified atom stereocenters. The largest absolute Gasteiger partial charge is 0.573 e. The Balaban J connectivity index is 1.83. The van der Waals surface area contributed by atoms with Gasteiger partial charge in [-0.3, -0.25) is 9.69 Å². The van der Waals surface area contributed by atoms with Crippen molar-refractivity contribution in [2.24, 2.45) is 0 Å². The zero-order valence-electron chi connectivity index (χ0n) is 13.6. The Morgan fingerprint density at radius 2 is 1.85 bits per heavy atom. The maximum atomic E-state index is 12.8. The average Bonchev–Trinajstić information content (AvgIpc) is 2.54. The molecule has 1 N–H and O–H groups in total. The second kappa shape index (κ2) is 6.87. The molecule has 0 spiro atoms. The molecule has 0 bridgehead atoms. The predicted octanol–water partition coefficient (Wildman–Crippen LogP) is 3.25. The molecule has 0 fully saturated rings. The summed E-state index contributed by atoms with van der Waals surface area (Å²) in [6.07, 6.45) is -9.53. The summed E-state index contributed by atoms with van der Waals surface area (Å²) in [4.78, 5) is 18.7. The zero-order chi connectivity index (χ0) is 19.8. The minimum absolute atomic E-state index is 0.00151. The van der Waals surface area contributed by atoms with E-state index >= 15 is 0 Å². The first-order chi connectivity index (χ1) is 12.5. The minimum atomic E-state index is -4.86. The van der Waals surface area contributed by atoms with Gasteiger partial charge in [0.1, 0.15) is 5.75 Å². The number of aromatic nitrogens is 2. The molecule has 3 rings (SSSR count). The van der Waals surface area contributed by atoms with Crippen molar-refractivity contribution in [3.8, 4) is 5.75 Å². The molecule has 1 aromatic carbocycles. The summed E-state index contributed by atoms with van der Waals surface area (Å²) in [5.74, 6) is -1.78. The molecule has 11 heteroatoms. The highest BCUT2D eigenvalue weighted by Gasteiger charge is 2.36. The van der Waals surface area contributed by atoms with E-state index < -0.39 is 23.9 Å². The number of hydrogen-bond acceptors (Lipinski definition) is 4. The quantitative estimate of drug-likeness (QED) is 0.814. The number of ether oxygens (including phenoxy) is 1. The fourth-order valence-electron chi connectivity index (χ4n) is 2.86. The topological polar surface area (TPSA) is 58.2 Å². The third kappa shape index (κ3) is 4.59. The molecule has 146 valence electrons. The van der Waals surface area contributed by atoms with E-state index in [0.717, 1.165) is 6.07 Å². The lowest BCUT2D eigenvalue weighted by Gasteiger charge is -2.28. The van der Waals surface area contributed by atoms with Gasteiger partial charge in [-0.25, -0.2) is 4.98 Å². The molecule has 0 amide bonds. The van der Waals surface area contributed by atoms with E-state index in [1.807, 2.05) is 0 Å². The highest BCUT2D eigenvalue weighted by Crippen LogP contribution is 2.29. The van der Waals surface area contributed by atoms with Gasteiger partial charge < -0.3 is 9.72 Å². The first-order valence-corrected chi connectivity index (χ1v) is 7.78. The van der Waals surface area contributed by atoms with Gasteiger partial charge in [0.2, 0.25) is 5.82 Å². The monoisotopic (exact) mass is 393 g/mol. The second-order valence-electron chi connectivity index (χ2n) is 5.95. The lowest BCUT2D eigenvalue weighted by Crippen LogP contribution is -2.36. The number of para-hydroxylation sites is 1. The van der Waals surface area contributed by atoms with Gasteiger partial charge >= 0.3 is 12.5 Å². The van der Waals surface area contributed by atoms with Crippen LogP contribution < -0.4 is 10.3 Å². The molecule has 2 aromatic rings. The van der Waals surface area contributed by atoms with Crippen LogP contribution in [0.15, 0.2) is 29.1 Å². The van der Waals surface area contributed by atoms with Gasteiger partial charge in [-0.05, 0) is 12.5 Å². The van der Waals surface area contributed by atoms with Crippen molar-refractivity contribution in [1.82, 2.24) is 14.9 Å². The van der Waals surface area contributed by atoms with Crippen LogP contribution in [0.5, 0.6) is 5.75 Å². The van der Waals surface area contributed by atoms with E-state index in [4.69, 9.17) is 0 Å². The van der Waals surface area contributed by atoms with Crippen molar-refractivity contribution < 1.29 is 31.1 Å². The SMILES string of the molecule is O=c1[nH]c(C(F)(F)F)nc2c1CCN(Cc1ccccc1OC(F)(F)F)C2. The molecule has 0 saturated heterocycles. The van der Waals surface area contributed by atoms with Gasteiger partial charge in [0.05, 0.1) is 5.69 Å². The number of hydrogen-bond donors (Lipinski definition) is 1. The maximum Gasteiger partial charge on any atom is 0.573 e. The lowest BCUT2D eigenvalue weighted by molar-refractivity contribution is -0.275. The Kier molecular flexibility index (Phi) is 4.89. The Morgan fingerprint density at radius 3 is 2.52 bits per heavy atom. The molecule has 1 aromatic heterocycles. The van der Waals surface area contributed by atoms with Crippen LogP contribution in [0.1, 0.15) is 22.6 Å². The number of nitrogens with one attached hydrogen (secondary N) is 1. The van der Waals surface area contributed by atoms with E-state index in [1.165, 1.54) is 18.2 Å². The molecule has 1 aliphatic heterocycles. The molecule has 1 aliphatic rings. The standard InChI is InChI=1S/C16H13F6N3O2/c17-15(18,19)14-23-11-8-25(6-5-10(11)13(26)24-14)7-9-3-1-2-4-12(9)27-16(20,21)22/h1-4H,5-8H2,(H,23,24,26). The van der Waals surface area contributed by atoms with E-state index in [9.17, 15) is 31.1 Å². The van der Waals surface area contributed by atoms with Crippen LogP contribution in [0.3, 0.4) is 0 Å². The van der Waals surface area contributed by atoms with Crippen LogP contribution in [-0.2, 0) is 25.7 Å². The third-order valence-corrected chi connectivity index (χ3v) is 4.01. The van der Waals surface area contributed by atoms with E-state index in [1.54, 1.807) is 9.88 Å². The summed E-state index contributed by atoms with van der Waals surface area (Å²) in [6.45, 7) is 0.188. The van der Waals surface area contributed by atoms with Gasteiger partial charge in [0, 0.05) is 30.8 Å². The number of aromatic amines is 1. The van der Waals surface area contributed by atoms with Crippen molar-refractivity contribution in [3.05, 3.63) is 57.3 Å². The molecule has 27 heavy (non-hydrogen) atoms. The van der Waals surface area contributed by atoms with Gasteiger partial charge in [0.15, 0.2) is 0 Å². The average molecular weight is 393 g/mol. The smallest absolute Gasteiger partial charge is 0.405 e. The Labute approximate surface area is 148 Å². The predicted molar refractivity (Wildman–Crippen MR) is 80.8 cm³/mol.